The molecule has 30 heavy (non-hydrogen) atoms. The van der Waals surface area contributed by atoms with E-state index in [1.807, 2.05) is 47.4 Å². The normalized spacial score (nSPS) is 25.7. The lowest BCUT2D eigenvalue weighted by Gasteiger charge is -2.48. The van der Waals surface area contributed by atoms with Crippen molar-refractivity contribution in [2.24, 2.45) is 5.92 Å². The number of benzene rings is 1. The first-order valence-electron chi connectivity index (χ1n) is 10.3. The van der Waals surface area contributed by atoms with E-state index < -0.39 is 6.10 Å². The molecule has 2 aliphatic rings. The maximum Gasteiger partial charge on any atom is 0.276 e. The minimum atomic E-state index is -0.431. The van der Waals surface area contributed by atoms with Gasteiger partial charge in [0.15, 0.2) is 17.8 Å². The highest BCUT2D eigenvalue weighted by molar-refractivity contribution is 5.97. The maximum absolute atomic E-state index is 13.5. The molecule has 1 saturated heterocycles. The minimum absolute atomic E-state index is 0.0271. The van der Waals surface area contributed by atoms with Gasteiger partial charge in [-0.05, 0) is 25.3 Å². The molecule has 1 aliphatic carbocycles. The zero-order valence-corrected chi connectivity index (χ0v) is 16.4. The third kappa shape index (κ3) is 3.45. The van der Waals surface area contributed by atoms with Gasteiger partial charge >= 0.3 is 0 Å². The van der Waals surface area contributed by atoms with Gasteiger partial charge in [0, 0.05) is 29.8 Å². The Morgan fingerprint density at radius 1 is 1.10 bits per heavy atom. The Balaban J connectivity index is 1.43. The lowest BCUT2D eigenvalue weighted by Crippen LogP contribution is -2.59. The third-order valence-electron chi connectivity index (χ3n) is 6.11. The highest BCUT2D eigenvalue weighted by Gasteiger charge is 2.46. The number of hydrogen-bond donors (Lipinski definition) is 1. The van der Waals surface area contributed by atoms with E-state index in [-0.39, 0.29) is 24.0 Å². The van der Waals surface area contributed by atoms with Gasteiger partial charge < -0.3 is 19.2 Å². The summed E-state index contributed by atoms with van der Waals surface area (Å²) in [6.45, 7) is 0.378. The van der Waals surface area contributed by atoms with E-state index in [0.29, 0.717) is 36.7 Å². The number of ether oxygens (including phenoxy) is 1. The molecule has 2 bridgehead atoms. The van der Waals surface area contributed by atoms with E-state index in [0.717, 1.165) is 12.0 Å². The van der Waals surface area contributed by atoms with Gasteiger partial charge in [0.2, 0.25) is 5.88 Å². The Kier molecular flexibility index (Phi) is 4.96. The largest absolute Gasteiger partial charge is 0.472 e. The number of carbonyl (C=O) groups excluding carboxylic acids is 1. The standard InChI is InChI=1S/C23H23N3O4/c27-18-10-9-16-12-17(18)19(30-20-8-4-5-11-24-20)13-26(16)23(28)21-22(29-14-25-21)15-6-2-1-3-7-15/h1-8,11,14,16-19,27H,9-10,12-13H2/t16-,17-,18+,19-/m0/s1. The number of pyridine rings is 1. The van der Waals surface area contributed by atoms with E-state index in [1.165, 1.54) is 6.39 Å². The summed E-state index contributed by atoms with van der Waals surface area (Å²) in [5.74, 6) is 0.774. The predicted octanol–water partition coefficient (Wildman–Crippen LogP) is 3.17. The molecule has 3 aromatic rings. The number of rotatable bonds is 4. The van der Waals surface area contributed by atoms with Gasteiger partial charge in [-0.3, -0.25) is 4.79 Å². The number of amides is 1. The second kappa shape index (κ2) is 7.91. The van der Waals surface area contributed by atoms with Crippen LogP contribution < -0.4 is 4.74 Å². The Hall–Kier alpha value is -3.19. The number of aromatic nitrogens is 2. The van der Waals surface area contributed by atoms with Gasteiger partial charge in [0.25, 0.3) is 5.91 Å². The number of oxazole rings is 1. The van der Waals surface area contributed by atoms with Crippen LogP contribution >= 0.6 is 0 Å². The highest BCUT2D eigenvalue weighted by atomic mass is 16.5. The minimum Gasteiger partial charge on any atom is -0.472 e. The predicted molar refractivity (Wildman–Crippen MR) is 109 cm³/mol. The second-order valence-electron chi connectivity index (χ2n) is 7.88. The summed E-state index contributed by atoms with van der Waals surface area (Å²) in [6, 6.07) is 15.0. The summed E-state index contributed by atoms with van der Waals surface area (Å²) in [5.41, 5.74) is 1.12. The molecule has 2 fully saturated rings. The number of fused-ring (bicyclic) bond motifs is 2. The van der Waals surface area contributed by atoms with E-state index in [4.69, 9.17) is 9.15 Å². The molecular weight excluding hydrogens is 382 g/mol. The van der Waals surface area contributed by atoms with Crippen molar-refractivity contribution in [1.29, 1.82) is 0 Å². The van der Waals surface area contributed by atoms with Crippen LogP contribution in [0.3, 0.4) is 0 Å². The van der Waals surface area contributed by atoms with Crippen molar-refractivity contribution in [2.75, 3.05) is 6.54 Å². The molecule has 7 nitrogen and oxygen atoms in total. The van der Waals surface area contributed by atoms with Crippen LogP contribution in [0.25, 0.3) is 11.3 Å². The van der Waals surface area contributed by atoms with E-state index >= 15 is 0 Å². The summed E-state index contributed by atoms with van der Waals surface area (Å²) >= 11 is 0. The van der Waals surface area contributed by atoms with Gasteiger partial charge in [-0.15, -0.1) is 0 Å². The SMILES string of the molecule is O=C(c1ncoc1-c1ccccc1)N1C[C@H](Oc2ccccn2)[C@H]2C[C@@H]1CC[C@H]2O. The number of likely N-dealkylation sites (tertiary alicyclic amines) is 1. The van der Waals surface area contributed by atoms with Crippen LogP contribution in [0, 0.1) is 5.92 Å². The smallest absolute Gasteiger partial charge is 0.276 e. The number of aliphatic hydroxyl groups excluding tert-OH is 1. The monoisotopic (exact) mass is 405 g/mol. The highest BCUT2D eigenvalue weighted by Crippen LogP contribution is 2.38. The molecule has 1 amide bonds. The summed E-state index contributed by atoms with van der Waals surface area (Å²) in [6.07, 6.45) is 4.33. The Morgan fingerprint density at radius 2 is 1.93 bits per heavy atom. The first-order valence-corrected chi connectivity index (χ1v) is 10.3. The van der Waals surface area contributed by atoms with Crippen LogP contribution in [-0.4, -0.2) is 50.7 Å². The summed E-state index contributed by atoms with van der Waals surface area (Å²) in [7, 11) is 0. The van der Waals surface area contributed by atoms with Crippen molar-refractivity contribution in [2.45, 2.75) is 37.5 Å². The van der Waals surface area contributed by atoms with Gasteiger partial charge in [0.05, 0.1) is 12.6 Å². The fourth-order valence-corrected chi connectivity index (χ4v) is 4.60. The van der Waals surface area contributed by atoms with Crippen LogP contribution in [0.1, 0.15) is 29.8 Å². The van der Waals surface area contributed by atoms with Crippen LogP contribution in [-0.2, 0) is 0 Å². The molecule has 1 N–H and O–H groups in total. The number of hydrogen-bond acceptors (Lipinski definition) is 6. The van der Waals surface area contributed by atoms with Gasteiger partial charge in [-0.1, -0.05) is 36.4 Å². The fourth-order valence-electron chi connectivity index (χ4n) is 4.60. The fraction of sp³-hybridized carbons (Fsp3) is 0.348. The molecule has 0 unspecified atom stereocenters. The molecule has 4 atom stereocenters. The first kappa shape index (κ1) is 18.8. The van der Waals surface area contributed by atoms with Crippen LogP contribution in [0.5, 0.6) is 5.88 Å². The first-order chi connectivity index (χ1) is 14.7. The van der Waals surface area contributed by atoms with Crippen molar-refractivity contribution in [3.63, 3.8) is 0 Å². The zero-order valence-electron chi connectivity index (χ0n) is 16.4. The molecule has 154 valence electrons. The van der Waals surface area contributed by atoms with Crippen LogP contribution in [0.2, 0.25) is 0 Å². The van der Waals surface area contributed by atoms with Crippen LogP contribution in [0.15, 0.2) is 65.5 Å². The Morgan fingerprint density at radius 3 is 2.73 bits per heavy atom. The van der Waals surface area contributed by atoms with E-state index in [2.05, 4.69) is 9.97 Å². The quantitative estimate of drug-likeness (QED) is 0.717. The second-order valence-corrected chi connectivity index (χ2v) is 7.88. The van der Waals surface area contributed by atoms with Crippen molar-refractivity contribution >= 4 is 5.91 Å². The molecule has 0 radical (unpaired) electrons. The Labute approximate surface area is 174 Å². The molecule has 1 aliphatic heterocycles. The van der Waals surface area contributed by atoms with Crippen molar-refractivity contribution in [3.8, 4) is 17.2 Å². The molecule has 1 aromatic carbocycles. The number of aliphatic hydroxyl groups is 1. The average Bonchev–Trinajstić information content (AvgIpc) is 3.28. The number of carbonyl (C=O) groups is 1. The molecule has 2 aromatic heterocycles. The molecule has 1 saturated carbocycles. The molecule has 5 rings (SSSR count). The lowest BCUT2D eigenvalue weighted by atomic mass is 9.76. The molecule has 0 spiro atoms. The zero-order chi connectivity index (χ0) is 20.5. The molecule has 3 heterocycles. The topological polar surface area (TPSA) is 88.7 Å². The summed E-state index contributed by atoms with van der Waals surface area (Å²) in [5, 5.41) is 10.5. The van der Waals surface area contributed by atoms with Gasteiger partial charge in [0.1, 0.15) is 6.10 Å². The third-order valence-corrected chi connectivity index (χ3v) is 6.11. The van der Waals surface area contributed by atoms with Crippen molar-refractivity contribution in [1.82, 2.24) is 14.9 Å². The number of piperidine rings is 1. The molecule has 7 heteroatoms. The Bertz CT molecular complexity index is 1010. The average molecular weight is 405 g/mol. The molecular formula is C23H23N3O4. The van der Waals surface area contributed by atoms with Gasteiger partial charge in [-0.25, -0.2) is 9.97 Å². The van der Waals surface area contributed by atoms with Crippen molar-refractivity contribution in [3.05, 3.63) is 66.8 Å². The van der Waals surface area contributed by atoms with E-state index in [9.17, 15) is 9.90 Å². The summed E-state index contributed by atoms with van der Waals surface area (Å²) in [4.78, 5) is 23.8. The van der Waals surface area contributed by atoms with E-state index in [1.54, 1.807) is 12.3 Å². The number of nitrogens with zero attached hydrogens (tertiary/aromatic N) is 3. The summed E-state index contributed by atoms with van der Waals surface area (Å²) < 4.78 is 11.7. The van der Waals surface area contributed by atoms with Crippen molar-refractivity contribution < 1.29 is 19.1 Å². The van der Waals surface area contributed by atoms with Crippen LogP contribution in [0.4, 0.5) is 0 Å². The maximum atomic E-state index is 13.5. The van der Waals surface area contributed by atoms with Gasteiger partial charge in [-0.2, -0.15) is 0 Å². The lowest BCUT2D eigenvalue weighted by molar-refractivity contribution is -0.0711.